The summed E-state index contributed by atoms with van der Waals surface area (Å²) in [6.45, 7) is 0. The molecular formula is C10H9BrClNO2. The van der Waals surface area contributed by atoms with E-state index in [4.69, 9.17) is 20.4 Å². The summed E-state index contributed by atoms with van der Waals surface area (Å²) in [6.07, 6.45) is 1.62. The minimum Gasteiger partial charge on any atom is -0.466 e. The predicted molar refractivity (Wildman–Crippen MR) is 61.0 cm³/mol. The Morgan fingerprint density at radius 3 is 2.67 bits per heavy atom. The molecule has 2 aromatic rings. The van der Waals surface area contributed by atoms with Crippen LogP contribution in [0.4, 0.5) is 0 Å². The molecule has 3 nitrogen and oxygen atoms in total. The van der Waals surface area contributed by atoms with Crippen LogP contribution in [0.5, 0.6) is 0 Å². The molecule has 2 aromatic heterocycles. The number of hydrogen-bond donors (Lipinski definition) is 1. The summed E-state index contributed by atoms with van der Waals surface area (Å²) in [4.78, 5) is 0. The Labute approximate surface area is 101 Å². The Kier molecular flexibility index (Phi) is 3.19. The third-order valence-corrected chi connectivity index (χ3v) is 2.93. The van der Waals surface area contributed by atoms with Crippen molar-refractivity contribution in [3.05, 3.63) is 45.7 Å². The van der Waals surface area contributed by atoms with Gasteiger partial charge in [0.15, 0.2) is 5.22 Å². The number of furan rings is 2. The van der Waals surface area contributed by atoms with Crippen LogP contribution in [0.1, 0.15) is 17.6 Å². The van der Waals surface area contributed by atoms with Gasteiger partial charge in [0.1, 0.15) is 17.6 Å². The van der Waals surface area contributed by atoms with Gasteiger partial charge in [0.25, 0.3) is 0 Å². The van der Waals surface area contributed by atoms with Gasteiger partial charge in [0.05, 0.1) is 10.7 Å². The van der Waals surface area contributed by atoms with E-state index in [1.54, 1.807) is 12.3 Å². The third-order valence-electron chi connectivity index (χ3n) is 2.07. The predicted octanol–water partition coefficient (Wildman–Crippen LogP) is 3.60. The molecule has 0 radical (unpaired) electrons. The lowest BCUT2D eigenvalue weighted by Crippen LogP contribution is -2.16. The van der Waals surface area contributed by atoms with Crippen LogP contribution in [-0.4, -0.2) is 7.05 Å². The number of rotatable bonds is 3. The second-order valence-electron chi connectivity index (χ2n) is 3.00. The molecule has 0 saturated carbocycles. The monoisotopic (exact) mass is 289 g/mol. The fraction of sp³-hybridized carbons (Fsp3) is 0.200. The summed E-state index contributed by atoms with van der Waals surface area (Å²) in [5.74, 6) is 1.49. The van der Waals surface area contributed by atoms with Gasteiger partial charge in [-0.3, -0.25) is 0 Å². The molecule has 0 bridgehead atoms. The molecule has 0 aliphatic heterocycles. The highest BCUT2D eigenvalue weighted by atomic mass is 79.9. The number of hydrogen-bond acceptors (Lipinski definition) is 3. The van der Waals surface area contributed by atoms with Crippen molar-refractivity contribution in [1.82, 2.24) is 5.32 Å². The Morgan fingerprint density at radius 1 is 1.40 bits per heavy atom. The average molecular weight is 291 g/mol. The smallest absolute Gasteiger partial charge is 0.193 e. The molecule has 0 fully saturated rings. The highest BCUT2D eigenvalue weighted by molar-refractivity contribution is 9.10. The van der Waals surface area contributed by atoms with Crippen molar-refractivity contribution in [1.29, 1.82) is 0 Å². The van der Waals surface area contributed by atoms with Crippen molar-refractivity contribution in [2.75, 3.05) is 7.05 Å². The second-order valence-corrected chi connectivity index (χ2v) is 4.22. The Morgan fingerprint density at radius 2 is 2.20 bits per heavy atom. The van der Waals surface area contributed by atoms with Gasteiger partial charge in [-0.2, -0.15) is 0 Å². The lowest BCUT2D eigenvalue weighted by atomic mass is 10.2. The molecule has 0 amide bonds. The Balaban J connectivity index is 2.36. The molecule has 2 heterocycles. The zero-order chi connectivity index (χ0) is 10.8. The molecule has 1 N–H and O–H groups in total. The standard InChI is InChI=1S/C10H9BrClNO2/c1-13-9(7-2-3-8(12)15-7)10-6(11)4-5-14-10/h2-5,9,13H,1H3. The summed E-state index contributed by atoms with van der Waals surface area (Å²) >= 11 is 9.13. The first-order valence-corrected chi connectivity index (χ1v) is 5.55. The molecule has 5 heteroatoms. The van der Waals surface area contributed by atoms with Crippen LogP contribution in [0.2, 0.25) is 5.22 Å². The zero-order valence-corrected chi connectivity index (χ0v) is 10.3. The first-order chi connectivity index (χ1) is 7.22. The first-order valence-electron chi connectivity index (χ1n) is 4.37. The quantitative estimate of drug-likeness (QED) is 0.938. The van der Waals surface area contributed by atoms with Crippen LogP contribution in [-0.2, 0) is 0 Å². The SMILES string of the molecule is CNC(c1ccc(Cl)o1)c1occc1Br. The largest absolute Gasteiger partial charge is 0.466 e. The van der Waals surface area contributed by atoms with E-state index < -0.39 is 0 Å². The molecule has 1 unspecified atom stereocenters. The van der Waals surface area contributed by atoms with Gasteiger partial charge in [0.2, 0.25) is 0 Å². The van der Waals surface area contributed by atoms with Crippen molar-refractivity contribution in [3.63, 3.8) is 0 Å². The van der Waals surface area contributed by atoms with Crippen LogP contribution in [0.25, 0.3) is 0 Å². The first kappa shape index (κ1) is 10.8. The second kappa shape index (κ2) is 4.43. The molecule has 15 heavy (non-hydrogen) atoms. The van der Waals surface area contributed by atoms with E-state index in [1.165, 1.54) is 0 Å². The third kappa shape index (κ3) is 2.12. The Bertz CT molecular complexity index is 452. The summed E-state index contributed by atoms with van der Waals surface area (Å²) in [5.41, 5.74) is 0. The van der Waals surface area contributed by atoms with Crippen molar-refractivity contribution in [2.45, 2.75) is 6.04 Å². The molecule has 0 aliphatic carbocycles. The molecule has 80 valence electrons. The number of halogens is 2. The van der Waals surface area contributed by atoms with Gasteiger partial charge in [0, 0.05) is 0 Å². The van der Waals surface area contributed by atoms with Crippen molar-refractivity contribution in [3.8, 4) is 0 Å². The fourth-order valence-electron chi connectivity index (χ4n) is 1.40. The molecule has 2 rings (SSSR count). The lowest BCUT2D eigenvalue weighted by Gasteiger charge is -2.10. The van der Waals surface area contributed by atoms with Gasteiger partial charge in [-0.05, 0) is 52.8 Å². The van der Waals surface area contributed by atoms with E-state index in [0.29, 0.717) is 5.22 Å². The topological polar surface area (TPSA) is 38.3 Å². The van der Waals surface area contributed by atoms with E-state index in [2.05, 4.69) is 21.2 Å². The van der Waals surface area contributed by atoms with Gasteiger partial charge in [-0.15, -0.1) is 0 Å². The van der Waals surface area contributed by atoms with Gasteiger partial charge < -0.3 is 14.2 Å². The molecule has 0 aliphatic rings. The lowest BCUT2D eigenvalue weighted by molar-refractivity contribution is 0.402. The van der Waals surface area contributed by atoms with E-state index in [-0.39, 0.29) is 6.04 Å². The molecule has 1 atom stereocenters. The van der Waals surface area contributed by atoms with Crippen LogP contribution < -0.4 is 5.32 Å². The van der Waals surface area contributed by atoms with Gasteiger partial charge in [-0.1, -0.05) is 0 Å². The minimum absolute atomic E-state index is 0.137. The van der Waals surface area contributed by atoms with Crippen molar-refractivity contribution in [2.24, 2.45) is 0 Å². The molecular weight excluding hydrogens is 281 g/mol. The highest BCUT2D eigenvalue weighted by Gasteiger charge is 2.21. The van der Waals surface area contributed by atoms with Crippen LogP contribution in [0.3, 0.4) is 0 Å². The summed E-state index contributed by atoms with van der Waals surface area (Å²) in [7, 11) is 1.83. The summed E-state index contributed by atoms with van der Waals surface area (Å²) < 4.78 is 11.6. The van der Waals surface area contributed by atoms with Crippen LogP contribution in [0, 0.1) is 0 Å². The van der Waals surface area contributed by atoms with Crippen LogP contribution in [0.15, 0.2) is 37.8 Å². The number of nitrogens with one attached hydrogen (secondary N) is 1. The molecule has 0 saturated heterocycles. The van der Waals surface area contributed by atoms with E-state index >= 15 is 0 Å². The van der Waals surface area contributed by atoms with E-state index in [9.17, 15) is 0 Å². The molecule has 0 aromatic carbocycles. The summed E-state index contributed by atoms with van der Waals surface area (Å²) in [6, 6.07) is 5.22. The van der Waals surface area contributed by atoms with Crippen molar-refractivity contribution >= 4 is 27.5 Å². The summed E-state index contributed by atoms with van der Waals surface area (Å²) in [5, 5.41) is 3.47. The molecule has 0 spiro atoms. The maximum Gasteiger partial charge on any atom is 0.193 e. The van der Waals surface area contributed by atoms with Crippen LogP contribution >= 0.6 is 27.5 Å². The normalized spacial score (nSPS) is 13.0. The maximum atomic E-state index is 5.73. The van der Waals surface area contributed by atoms with Crippen molar-refractivity contribution < 1.29 is 8.83 Å². The zero-order valence-electron chi connectivity index (χ0n) is 7.96. The Hall–Kier alpha value is -0.710. The fourth-order valence-corrected chi connectivity index (χ4v) is 1.98. The minimum atomic E-state index is -0.137. The van der Waals surface area contributed by atoms with Gasteiger partial charge >= 0.3 is 0 Å². The maximum absolute atomic E-state index is 5.73. The van der Waals surface area contributed by atoms with Gasteiger partial charge in [-0.25, -0.2) is 0 Å². The average Bonchev–Trinajstić information content (AvgIpc) is 2.79. The van der Waals surface area contributed by atoms with E-state index in [1.807, 2.05) is 19.2 Å². The van der Waals surface area contributed by atoms with E-state index in [0.717, 1.165) is 16.0 Å². The highest BCUT2D eigenvalue weighted by Crippen LogP contribution is 2.31.